The van der Waals surface area contributed by atoms with Crippen LogP contribution in [0, 0.1) is 51.2 Å². The van der Waals surface area contributed by atoms with Gasteiger partial charge in [0.1, 0.15) is 0 Å². The predicted molar refractivity (Wildman–Crippen MR) is 199 cm³/mol. The second kappa shape index (κ2) is 12.4. The highest BCUT2D eigenvalue weighted by Crippen LogP contribution is 2.76. The molecule has 50 heavy (non-hydrogen) atoms. The maximum atomic E-state index is 13.7. The third kappa shape index (κ3) is 5.27. The van der Waals surface area contributed by atoms with Crippen molar-refractivity contribution in [3.63, 3.8) is 0 Å². The first-order chi connectivity index (χ1) is 23.6. The summed E-state index contributed by atoms with van der Waals surface area (Å²) in [6.45, 7) is 19.4. The standard InChI is InChI=1S/C44H62N2O4/c1-27(2)31-19-24-44(46-38(48)37(47)45-30-11-9-8-10-12-30)26-25-42(6)33(36(31)44)17-18-35-41(5)22-20-32(28-13-15-29(16-14-28)39(49)50)40(3,4)34(41)21-23-43(35,42)7/h13-16,20,30-31,33-36H,1,8-12,17-19,21-26H2,2-7H3,(H,45,47)(H,46,48)(H,49,50)/t31-,33+,34-,35+,36+,41-,42+,43+,44-/m0/s1. The Labute approximate surface area is 300 Å². The molecule has 7 rings (SSSR count). The molecule has 0 heterocycles. The monoisotopic (exact) mass is 682 g/mol. The molecule has 6 aliphatic carbocycles. The molecule has 0 saturated heterocycles. The molecule has 6 aliphatic rings. The Morgan fingerprint density at radius 3 is 2.14 bits per heavy atom. The predicted octanol–water partition coefficient (Wildman–Crippen LogP) is 9.35. The van der Waals surface area contributed by atoms with E-state index in [9.17, 15) is 19.5 Å². The number of nitrogens with one attached hydrogen (secondary N) is 2. The minimum Gasteiger partial charge on any atom is -0.478 e. The Balaban J connectivity index is 1.17. The molecule has 0 aliphatic heterocycles. The molecule has 2 amide bonds. The van der Waals surface area contributed by atoms with Gasteiger partial charge in [0.25, 0.3) is 0 Å². The molecule has 0 spiro atoms. The fourth-order valence-electron chi connectivity index (χ4n) is 14.0. The molecule has 6 nitrogen and oxygen atoms in total. The summed E-state index contributed by atoms with van der Waals surface area (Å²) in [6, 6.07) is 7.63. The van der Waals surface area contributed by atoms with Crippen molar-refractivity contribution in [3.05, 3.63) is 53.6 Å². The lowest BCUT2D eigenvalue weighted by Crippen LogP contribution is -2.68. The Morgan fingerprint density at radius 1 is 0.780 bits per heavy atom. The van der Waals surface area contributed by atoms with E-state index in [1.165, 1.54) is 36.8 Å². The van der Waals surface area contributed by atoms with Crippen LogP contribution in [-0.4, -0.2) is 34.5 Å². The molecular formula is C44H62N2O4. The van der Waals surface area contributed by atoms with E-state index in [-0.39, 0.29) is 33.2 Å². The fraction of sp³-hybridized carbons (Fsp3) is 0.705. The molecule has 0 unspecified atom stereocenters. The lowest BCUT2D eigenvalue weighted by Gasteiger charge is -2.72. The Morgan fingerprint density at radius 2 is 1.48 bits per heavy atom. The van der Waals surface area contributed by atoms with E-state index >= 15 is 0 Å². The van der Waals surface area contributed by atoms with Crippen LogP contribution in [0.1, 0.15) is 147 Å². The normalized spacial score (nSPS) is 40.6. The summed E-state index contributed by atoms with van der Waals surface area (Å²) in [5.41, 5.74) is 4.16. The summed E-state index contributed by atoms with van der Waals surface area (Å²) in [7, 11) is 0. The van der Waals surface area contributed by atoms with Gasteiger partial charge in [-0.2, -0.15) is 0 Å². The highest BCUT2D eigenvalue weighted by molar-refractivity contribution is 6.35. The number of rotatable bonds is 5. The first-order valence-corrected chi connectivity index (χ1v) is 19.9. The molecule has 0 radical (unpaired) electrons. The molecule has 3 N–H and O–H groups in total. The quantitative estimate of drug-likeness (QED) is 0.213. The maximum absolute atomic E-state index is 13.7. The Hall–Kier alpha value is -2.89. The summed E-state index contributed by atoms with van der Waals surface area (Å²) in [6.07, 6.45) is 17.7. The van der Waals surface area contributed by atoms with Crippen molar-refractivity contribution in [3.8, 4) is 0 Å². The van der Waals surface area contributed by atoms with E-state index in [4.69, 9.17) is 0 Å². The Bertz CT molecular complexity index is 1590. The lowest BCUT2D eigenvalue weighted by atomic mass is 9.33. The van der Waals surface area contributed by atoms with Gasteiger partial charge in [-0.1, -0.05) is 84.2 Å². The van der Waals surface area contributed by atoms with Crippen molar-refractivity contribution in [1.82, 2.24) is 10.6 Å². The van der Waals surface area contributed by atoms with Gasteiger partial charge in [0.05, 0.1) is 5.56 Å². The number of carboxylic acids is 1. The Kier molecular flexibility index (Phi) is 8.78. The molecular weight excluding hydrogens is 620 g/mol. The number of allylic oxidation sites excluding steroid dienone is 3. The van der Waals surface area contributed by atoms with Crippen molar-refractivity contribution in [2.24, 2.45) is 51.2 Å². The molecule has 0 aromatic heterocycles. The first kappa shape index (κ1) is 35.5. The number of benzene rings is 1. The van der Waals surface area contributed by atoms with Crippen molar-refractivity contribution < 1.29 is 19.5 Å². The van der Waals surface area contributed by atoms with E-state index < -0.39 is 17.8 Å². The highest BCUT2D eigenvalue weighted by atomic mass is 16.4. The van der Waals surface area contributed by atoms with Crippen LogP contribution in [0.5, 0.6) is 0 Å². The average molecular weight is 683 g/mol. The third-order valence-electron chi connectivity index (χ3n) is 16.6. The number of carboxylic acid groups (broad SMARTS) is 1. The van der Waals surface area contributed by atoms with Crippen molar-refractivity contribution in [2.75, 3.05) is 0 Å². The largest absolute Gasteiger partial charge is 0.478 e. The van der Waals surface area contributed by atoms with Gasteiger partial charge in [-0.25, -0.2) is 4.79 Å². The number of carbonyl (C=O) groups is 3. The van der Waals surface area contributed by atoms with Gasteiger partial charge in [-0.05, 0) is 152 Å². The summed E-state index contributed by atoms with van der Waals surface area (Å²) < 4.78 is 0. The van der Waals surface area contributed by atoms with Crippen LogP contribution in [0.2, 0.25) is 0 Å². The average Bonchev–Trinajstić information content (AvgIpc) is 3.45. The first-order valence-electron chi connectivity index (χ1n) is 19.9. The van der Waals surface area contributed by atoms with Gasteiger partial charge in [-0.3, -0.25) is 9.59 Å². The molecule has 6 heteroatoms. The lowest BCUT2D eigenvalue weighted by molar-refractivity contribution is -0.219. The molecule has 0 bridgehead atoms. The summed E-state index contributed by atoms with van der Waals surface area (Å²) >= 11 is 0. The van der Waals surface area contributed by atoms with E-state index in [0.29, 0.717) is 35.2 Å². The zero-order chi connectivity index (χ0) is 35.9. The number of hydrogen-bond acceptors (Lipinski definition) is 3. The van der Waals surface area contributed by atoms with E-state index in [1.807, 2.05) is 12.1 Å². The van der Waals surface area contributed by atoms with E-state index in [0.717, 1.165) is 69.8 Å². The van der Waals surface area contributed by atoms with Crippen LogP contribution >= 0.6 is 0 Å². The van der Waals surface area contributed by atoms with Crippen molar-refractivity contribution >= 4 is 23.4 Å². The smallest absolute Gasteiger partial charge is 0.335 e. The van der Waals surface area contributed by atoms with Crippen LogP contribution in [0.15, 0.2) is 42.5 Å². The third-order valence-corrected chi connectivity index (χ3v) is 16.6. The van der Waals surface area contributed by atoms with Crippen molar-refractivity contribution in [1.29, 1.82) is 0 Å². The fourth-order valence-corrected chi connectivity index (χ4v) is 14.0. The van der Waals surface area contributed by atoms with Crippen LogP contribution in [0.25, 0.3) is 5.57 Å². The van der Waals surface area contributed by atoms with Crippen molar-refractivity contribution in [2.45, 2.75) is 143 Å². The number of carbonyl (C=O) groups excluding carboxylic acids is 2. The molecule has 5 saturated carbocycles. The molecule has 9 atom stereocenters. The number of fused-ring (bicyclic) bond motifs is 7. The number of amides is 2. The second-order valence-corrected chi connectivity index (χ2v) is 19.0. The van der Waals surface area contributed by atoms with Gasteiger partial charge >= 0.3 is 17.8 Å². The number of hydrogen-bond donors (Lipinski definition) is 3. The maximum Gasteiger partial charge on any atom is 0.335 e. The van der Waals surface area contributed by atoms with Crippen LogP contribution in [-0.2, 0) is 9.59 Å². The van der Waals surface area contributed by atoms with Crippen LogP contribution in [0.4, 0.5) is 0 Å². The molecule has 1 aromatic carbocycles. The minimum absolute atomic E-state index is 0.0302. The summed E-state index contributed by atoms with van der Waals surface area (Å²) in [5.74, 6) is 0.511. The van der Waals surface area contributed by atoms with Gasteiger partial charge < -0.3 is 15.7 Å². The zero-order valence-electron chi connectivity index (χ0n) is 31.6. The summed E-state index contributed by atoms with van der Waals surface area (Å²) in [4.78, 5) is 38.5. The van der Waals surface area contributed by atoms with Gasteiger partial charge in [0.2, 0.25) is 0 Å². The minimum atomic E-state index is -0.883. The SMILES string of the molecule is C=C(C)[C@@H]1CC[C@]2(NC(=O)C(=O)NC3CCCCC3)CC[C@]3(C)[C@H](CC[C@@H]4[C@@]5(C)CC=C(c6ccc(C(=O)O)cc6)C(C)(C)[C@@H]5CC[C@]43C)[C@@H]12. The topological polar surface area (TPSA) is 95.5 Å². The van der Waals surface area contributed by atoms with Crippen LogP contribution in [0.3, 0.4) is 0 Å². The molecule has 272 valence electrons. The molecule has 1 aromatic rings. The number of aromatic carboxylic acids is 1. The van der Waals surface area contributed by atoms with Crippen LogP contribution < -0.4 is 10.6 Å². The van der Waals surface area contributed by atoms with Gasteiger partial charge in [-0.15, -0.1) is 0 Å². The van der Waals surface area contributed by atoms with Gasteiger partial charge in [0, 0.05) is 11.6 Å². The second-order valence-electron chi connectivity index (χ2n) is 19.0. The molecule has 5 fully saturated rings. The summed E-state index contributed by atoms with van der Waals surface area (Å²) in [5, 5.41) is 16.0. The zero-order valence-corrected chi connectivity index (χ0v) is 31.6. The van der Waals surface area contributed by atoms with Gasteiger partial charge in [0.15, 0.2) is 0 Å². The highest BCUT2D eigenvalue weighted by Gasteiger charge is 2.70. The van der Waals surface area contributed by atoms with E-state index in [1.54, 1.807) is 12.1 Å². The van der Waals surface area contributed by atoms with E-state index in [2.05, 4.69) is 64.8 Å².